The molecule has 1 unspecified atom stereocenters. The molecule has 1 amide bonds. The maximum atomic E-state index is 11.8. The standard InChI is InChI=1S/C15H22N2O4/c1-19-12-2-3-14(13(16)8-12)17-15(18)5-7-21-10-11-4-6-20-9-11/h2-3,8,11H,4-7,9-10,16H2,1H3,(H,17,18). The number of nitrogens with one attached hydrogen (secondary N) is 1. The Labute approximate surface area is 124 Å². The number of carbonyl (C=O) groups excluding carboxylic acids is 1. The Morgan fingerprint density at radius 1 is 1.52 bits per heavy atom. The number of hydrogen-bond donors (Lipinski definition) is 2. The lowest BCUT2D eigenvalue weighted by Crippen LogP contribution is -2.17. The van der Waals surface area contributed by atoms with Gasteiger partial charge in [-0.15, -0.1) is 0 Å². The van der Waals surface area contributed by atoms with Crippen LogP contribution in [0.1, 0.15) is 12.8 Å². The molecule has 6 nitrogen and oxygen atoms in total. The van der Waals surface area contributed by atoms with Gasteiger partial charge in [0.25, 0.3) is 0 Å². The average Bonchev–Trinajstić information content (AvgIpc) is 2.99. The van der Waals surface area contributed by atoms with E-state index in [0.717, 1.165) is 19.6 Å². The zero-order chi connectivity index (χ0) is 15.1. The first-order valence-electron chi connectivity index (χ1n) is 7.08. The number of ether oxygens (including phenoxy) is 3. The van der Waals surface area contributed by atoms with Gasteiger partial charge >= 0.3 is 0 Å². The minimum absolute atomic E-state index is 0.116. The van der Waals surface area contributed by atoms with Crippen molar-refractivity contribution in [3.63, 3.8) is 0 Å². The Hall–Kier alpha value is -1.79. The summed E-state index contributed by atoms with van der Waals surface area (Å²) in [5.41, 5.74) is 6.91. The van der Waals surface area contributed by atoms with Gasteiger partial charge in [0.05, 0.1) is 44.7 Å². The quantitative estimate of drug-likeness (QED) is 0.590. The first-order chi connectivity index (χ1) is 10.2. The normalized spacial score (nSPS) is 17.7. The molecule has 0 radical (unpaired) electrons. The van der Waals surface area contributed by atoms with Crippen LogP contribution < -0.4 is 15.8 Å². The lowest BCUT2D eigenvalue weighted by molar-refractivity contribution is -0.117. The summed E-state index contributed by atoms with van der Waals surface area (Å²) in [5.74, 6) is 1.01. The predicted molar refractivity (Wildman–Crippen MR) is 80.4 cm³/mol. The van der Waals surface area contributed by atoms with Crippen LogP contribution in [0.15, 0.2) is 18.2 Å². The van der Waals surface area contributed by atoms with Gasteiger partial charge in [-0.05, 0) is 18.6 Å². The first kappa shape index (κ1) is 15.6. The summed E-state index contributed by atoms with van der Waals surface area (Å²) < 4.78 is 15.8. The van der Waals surface area contributed by atoms with Crippen molar-refractivity contribution in [2.24, 2.45) is 5.92 Å². The Kier molecular flexibility index (Phi) is 5.83. The molecule has 1 saturated heterocycles. The largest absolute Gasteiger partial charge is 0.497 e. The minimum atomic E-state index is -0.116. The third kappa shape index (κ3) is 4.91. The van der Waals surface area contributed by atoms with E-state index in [9.17, 15) is 4.79 Å². The molecule has 6 heteroatoms. The molecule has 1 aliphatic rings. The number of benzene rings is 1. The van der Waals surface area contributed by atoms with Crippen LogP contribution in [-0.2, 0) is 14.3 Å². The van der Waals surface area contributed by atoms with E-state index in [4.69, 9.17) is 19.9 Å². The molecule has 1 fully saturated rings. The average molecular weight is 294 g/mol. The third-order valence-corrected chi connectivity index (χ3v) is 3.38. The van der Waals surface area contributed by atoms with Crippen molar-refractivity contribution < 1.29 is 19.0 Å². The number of rotatable bonds is 7. The summed E-state index contributed by atoms with van der Waals surface area (Å²) in [7, 11) is 1.57. The van der Waals surface area contributed by atoms with Gasteiger partial charge in [0.15, 0.2) is 0 Å². The number of hydrogen-bond acceptors (Lipinski definition) is 5. The Bertz CT molecular complexity index is 473. The molecule has 0 bridgehead atoms. The molecule has 1 aromatic carbocycles. The fourth-order valence-corrected chi connectivity index (χ4v) is 2.12. The van der Waals surface area contributed by atoms with Crippen molar-refractivity contribution in [3.8, 4) is 5.75 Å². The molecule has 1 atom stereocenters. The number of carbonyl (C=O) groups is 1. The molecular formula is C15H22N2O4. The summed E-state index contributed by atoms with van der Waals surface area (Å²) in [6.07, 6.45) is 1.34. The molecule has 1 aliphatic heterocycles. The summed E-state index contributed by atoms with van der Waals surface area (Å²) in [4.78, 5) is 11.8. The van der Waals surface area contributed by atoms with E-state index in [0.29, 0.717) is 42.7 Å². The smallest absolute Gasteiger partial charge is 0.226 e. The van der Waals surface area contributed by atoms with E-state index in [-0.39, 0.29) is 5.91 Å². The zero-order valence-electron chi connectivity index (χ0n) is 12.3. The van der Waals surface area contributed by atoms with Gasteiger partial charge in [-0.1, -0.05) is 0 Å². The monoisotopic (exact) mass is 294 g/mol. The van der Waals surface area contributed by atoms with Gasteiger partial charge in [-0.2, -0.15) is 0 Å². The van der Waals surface area contributed by atoms with Crippen molar-refractivity contribution in [1.82, 2.24) is 0 Å². The van der Waals surface area contributed by atoms with Crippen LogP contribution in [0, 0.1) is 5.92 Å². The SMILES string of the molecule is COc1ccc(NC(=O)CCOCC2CCOC2)c(N)c1. The number of anilines is 2. The molecule has 0 spiro atoms. The second kappa shape index (κ2) is 7.85. The molecule has 3 N–H and O–H groups in total. The van der Waals surface area contributed by atoms with Gasteiger partial charge in [0.1, 0.15) is 5.75 Å². The van der Waals surface area contributed by atoms with E-state index in [1.807, 2.05) is 0 Å². The first-order valence-corrected chi connectivity index (χ1v) is 7.08. The lowest BCUT2D eigenvalue weighted by atomic mass is 10.1. The molecule has 116 valence electrons. The van der Waals surface area contributed by atoms with Gasteiger partial charge in [0.2, 0.25) is 5.91 Å². The molecule has 0 aliphatic carbocycles. The van der Waals surface area contributed by atoms with Crippen LogP contribution in [0.4, 0.5) is 11.4 Å². The second-order valence-electron chi connectivity index (χ2n) is 5.06. The van der Waals surface area contributed by atoms with Crippen molar-refractivity contribution >= 4 is 17.3 Å². The maximum Gasteiger partial charge on any atom is 0.226 e. The highest BCUT2D eigenvalue weighted by molar-refractivity contribution is 5.94. The number of methoxy groups -OCH3 is 1. The van der Waals surface area contributed by atoms with Gasteiger partial charge in [-0.3, -0.25) is 4.79 Å². The van der Waals surface area contributed by atoms with E-state index in [1.54, 1.807) is 25.3 Å². The molecule has 1 heterocycles. The number of nitrogen functional groups attached to an aromatic ring is 1. The molecule has 0 aromatic heterocycles. The van der Waals surface area contributed by atoms with Crippen LogP contribution in [0.5, 0.6) is 5.75 Å². The van der Waals surface area contributed by atoms with Crippen molar-refractivity contribution in [2.75, 3.05) is 44.6 Å². The molecule has 0 saturated carbocycles. The highest BCUT2D eigenvalue weighted by Gasteiger charge is 2.15. The maximum absolute atomic E-state index is 11.8. The van der Waals surface area contributed by atoms with Crippen LogP contribution in [0.3, 0.4) is 0 Å². The molecule has 1 aromatic rings. The van der Waals surface area contributed by atoms with Crippen molar-refractivity contribution in [3.05, 3.63) is 18.2 Å². The highest BCUT2D eigenvalue weighted by Crippen LogP contribution is 2.24. The van der Waals surface area contributed by atoms with E-state index in [1.165, 1.54) is 0 Å². The topological polar surface area (TPSA) is 82.8 Å². The van der Waals surface area contributed by atoms with Crippen LogP contribution in [-0.4, -0.2) is 39.4 Å². The highest BCUT2D eigenvalue weighted by atomic mass is 16.5. The van der Waals surface area contributed by atoms with E-state index in [2.05, 4.69) is 5.32 Å². The molecule has 21 heavy (non-hydrogen) atoms. The summed E-state index contributed by atoms with van der Waals surface area (Å²) in [6.45, 7) is 2.62. The Morgan fingerprint density at radius 2 is 2.38 bits per heavy atom. The van der Waals surface area contributed by atoms with E-state index < -0.39 is 0 Å². The second-order valence-corrected chi connectivity index (χ2v) is 5.06. The lowest BCUT2D eigenvalue weighted by Gasteiger charge is -2.11. The zero-order valence-corrected chi connectivity index (χ0v) is 12.3. The number of amides is 1. The summed E-state index contributed by atoms with van der Waals surface area (Å²) in [6, 6.07) is 5.15. The van der Waals surface area contributed by atoms with Crippen LogP contribution >= 0.6 is 0 Å². The summed E-state index contributed by atoms with van der Waals surface area (Å²) in [5, 5.41) is 2.77. The van der Waals surface area contributed by atoms with Gasteiger partial charge in [0, 0.05) is 18.6 Å². The predicted octanol–water partition coefficient (Wildman–Crippen LogP) is 1.66. The minimum Gasteiger partial charge on any atom is -0.497 e. The van der Waals surface area contributed by atoms with Gasteiger partial charge < -0.3 is 25.3 Å². The van der Waals surface area contributed by atoms with Crippen LogP contribution in [0.25, 0.3) is 0 Å². The van der Waals surface area contributed by atoms with Gasteiger partial charge in [-0.25, -0.2) is 0 Å². The fourth-order valence-electron chi connectivity index (χ4n) is 2.12. The third-order valence-electron chi connectivity index (χ3n) is 3.38. The van der Waals surface area contributed by atoms with E-state index >= 15 is 0 Å². The summed E-state index contributed by atoms with van der Waals surface area (Å²) >= 11 is 0. The Morgan fingerprint density at radius 3 is 3.05 bits per heavy atom. The number of nitrogens with two attached hydrogens (primary N) is 1. The molecule has 2 rings (SSSR count). The fraction of sp³-hybridized carbons (Fsp3) is 0.533. The van der Waals surface area contributed by atoms with Crippen LogP contribution in [0.2, 0.25) is 0 Å². The Balaban J connectivity index is 1.69. The molecular weight excluding hydrogens is 272 g/mol. The van der Waals surface area contributed by atoms with Crippen molar-refractivity contribution in [1.29, 1.82) is 0 Å². The van der Waals surface area contributed by atoms with Crippen molar-refractivity contribution in [2.45, 2.75) is 12.8 Å².